The molecule has 0 saturated heterocycles. The highest BCUT2D eigenvalue weighted by atomic mass is 19.3. The second-order valence-corrected chi connectivity index (χ2v) is 7.35. The third-order valence-electron chi connectivity index (χ3n) is 5.17. The number of halogens is 2. The first-order chi connectivity index (χ1) is 13.7. The minimum absolute atomic E-state index is 0.186. The number of hydrogen-bond donors (Lipinski definition) is 1. The van der Waals surface area contributed by atoms with Crippen LogP contribution >= 0.6 is 0 Å². The summed E-state index contributed by atoms with van der Waals surface area (Å²) in [7, 11) is 0. The number of alkyl halides is 2. The van der Waals surface area contributed by atoms with E-state index in [1.807, 2.05) is 0 Å². The fourth-order valence-corrected chi connectivity index (χ4v) is 3.57. The predicted molar refractivity (Wildman–Crippen MR) is 103 cm³/mol. The zero-order valence-electron chi connectivity index (χ0n) is 16.4. The summed E-state index contributed by atoms with van der Waals surface area (Å²) in [5.41, 5.74) is 0.346. The molecule has 1 N–H and O–H groups in total. The average Bonchev–Trinajstić information content (AvgIpc) is 3.05. The summed E-state index contributed by atoms with van der Waals surface area (Å²) in [5, 5.41) is 9.12. The zero-order chi connectivity index (χ0) is 21.4. The normalized spacial score (nSPS) is 22.0. The number of ketones is 1. The van der Waals surface area contributed by atoms with Crippen molar-refractivity contribution in [2.75, 3.05) is 0 Å². The lowest BCUT2D eigenvalue weighted by molar-refractivity contribution is -0.138. The number of unbranched alkanes of at least 4 members (excludes halogenated alkanes) is 1. The number of rotatable bonds is 10. The van der Waals surface area contributed by atoms with Crippen LogP contribution in [-0.2, 0) is 14.3 Å². The lowest BCUT2D eigenvalue weighted by Crippen LogP contribution is -2.28. The maximum Gasteiger partial charge on any atom is 0.338 e. The van der Waals surface area contributed by atoms with Crippen LogP contribution in [0.15, 0.2) is 42.5 Å². The van der Waals surface area contributed by atoms with Crippen LogP contribution in [0, 0.1) is 11.8 Å². The number of carboxylic acid groups (broad SMARTS) is 1. The molecule has 3 atom stereocenters. The molecule has 1 fully saturated rings. The summed E-state index contributed by atoms with van der Waals surface area (Å²) in [6.45, 7) is 1.76. The van der Waals surface area contributed by atoms with Crippen LogP contribution in [0.1, 0.15) is 55.8 Å². The number of esters is 1. The molecule has 1 saturated carbocycles. The van der Waals surface area contributed by atoms with E-state index >= 15 is 0 Å². The average molecular weight is 408 g/mol. The monoisotopic (exact) mass is 408 g/mol. The van der Waals surface area contributed by atoms with E-state index in [0.717, 1.165) is 6.08 Å². The Balaban J connectivity index is 2.13. The molecular weight excluding hydrogens is 382 g/mol. The molecule has 0 heterocycles. The molecule has 0 aromatic heterocycles. The lowest BCUT2D eigenvalue weighted by atomic mass is 9.90. The fourth-order valence-electron chi connectivity index (χ4n) is 3.57. The third-order valence-corrected chi connectivity index (χ3v) is 5.17. The summed E-state index contributed by atoms with van der Waals surface area (Å²) < 4.78 is 33.4. The van der Waals surface area contributed by atoms with Crippen molar-refractivity contribution in [3.8, 4) is 0 Å². The molecule has 0 bridgehead atoms. The number of aliphatic carboxylic acids is 1. The van der Waals surface area contributed by atoms with Gasteiger partial charge < -0.3 is 9.84 Å². The molecule has 158 valence electrons. The fraction of sp³-hybridized carbons (Fsp3) is 0.500. The summed E-state index contributed by atoms with van der Waals surface area (Å²) in [6, 6.07) is 8.31. The first-order valence-corrected chi connectivity index (χ1v) is 9.83. The van der Waals surface area contributed by atoms with E-state index in [9.17, 15) is 23.2 Å². The van der Waals surface area contributed by atoms with Crippen LogP contribution in [0.25, 0.3) is 0 Å². The SMILES string of the molecule is CCCCC(F)(F)C(=O)C=C[C@H]1[C@H](CC(=O)O)CC[C@@H]1OC(=O)c1ccccc1. The van der Waals surface area contributed by atoms with Gasteiger partial charge in [-0.25, -0.2) is 4.79 Å². The van der Waals surface area contributed by atoms with Crippen molar-refractivity contribution in [3.63, 3.8) is 0 Å². The van der Waals surface area contributed by atoms with Gasteiger partial charge in [-0.2, -0.15) is 8.78 Å². The predicted octanol–water partition coefficient (Wildman–Crippen LogP) is 4.66. The van der Waals surface area contributed by atoms with Gasteiger partial charge in [0.05, 0.1) is 5.56 Å². The van der Waals surface area contributed by atoms with E-state index in [1.54, 1.807) is 37.3 Å². The highest BCUT2D eigenvalue weighted by Gasteiger charge is 2.40. The Kier molecular flexibility index (Phi) is 8.05. The quantitative estimate of drug-likeness (QED) is 0.450. The van der Waals surface area contributed by atoms with E-state index in [4.69, 9.17) is 9.84 Å². The molecule has 0 amide bonds. The summed E-state index contributed by atoms with van der Waals surface area (Å²) >= 11 is 0. The van der Waals surface area contributed by atoms with Crippen molar-refractivity contribution >= 4 is 17.7 Å². The third kappa shape index (κ3) is 6.48. The number of allylic oxidation sites excluding steroid dienone is 1. The van der Waals surface area contributed by atoms with E-state index in [-0.39, 0.29) is 12.8 Å². The van der Waals surface area contributed by atoms with Crippen molar-refractivity contribution in [1.82, 2.24) is 0 Å². The number of benzene rings is 1. The zero-order valence-corrected chi connectivity index (χ0v) is 16.4. The molecule has 0 aliphatic heterocycles. The minimum atomic E-state index is -3.45. The molecule has 0 unspecified atom stereocenters. The molecule has 0 spiro atoms. The van der Waals surface area contributed by atoms with Crippen LogP contribution in [0.2, 0.25) is 0 Å². The van der Waals surface area contributed by atoms with Crippen LogP contribution < -0.4 is 0 Å². The molecule has 0 radical (unpaired) electrons. The maximum atomic E-state index is 13.9. The van der Waals surface area contributed by atoms with Gasteiger partial charge in [0.1, 0.15) is 6.10 Å². The molecule has 29 heavy (non-hydrogen) atoms. The van der Waals surface area contributed by atoms with E-state index in [0.29, 0.717) is 24.8 Å². The first kappa shape index (κ1) is 22.7. The maximum absolute atomic E-state index is 13.9. The van der Waals surface area contributed by atoms with Gasteiger partial charge in [-0.1, -0.05) is 37.6 Å². The molecule has 5 nitrogen and oxygen atoms in total. The highest BCUT2D eigenvalue weighted by molar-refractivity contribution is 5.95. The summed E-state index contributed by atoms with van der Waals surface area (Å²) in [6.07, 6.45) is 2.40. The van der Waals surface area contributed by atoms with Gasteiger partial charge >= 0.3 is 17.9 Å². The Hall–Kier alpha value is -2.57. The molecule has 1 aromatic carbocycles. The topological polar surface area (TPSA) is 80.7 Å². The van der Waals surface area contributed by atoms with Crippen LogP contribution in [0.4, 0.5) is 8.78 Å². The van der Waals surface area contributed by atoms with Gasteiger partial charge in [-0.05, 0) is 43.4 Å². The number of carbonyl (C=O) groups is 3. The smallest absolute Gasteiger partial charge is 0.338 e. The van der Waals surface area contributed by atoms with E-state index in [2.05, 4.69) is 0 Å². The van der Waals surface area contributed by atoms with Gasteiger partial charge in [0.15, 0.2) is 0 Å². The van der Waals surface area contributed by atoms with E-state index in [1.165, 1.54) is 6.08 Å². The van der Waals surface area contributed by atoms with Gasteiger partial charge in [0, 0.05) is 18.8 Å². The molecule has 1 aliphatic carbocycles. The van der Waals surface area contributed by atoms with Crippen molar-refractivity contribution in [1.29, 1.82) is 0 Å². The second kappa shape index (κ2) is 10.3. The minimum Gasteiger partial charge on any atom is -0.481 e. The van der Waals surface area contributed by atoms with Gasteiger partial charge in [0.2, 0.25) is 5.78 Å². The van der Waals surface area contributed by atoms with Gasteiger partial charge in [0.25, 0.3) is 0 Å². The lowest BCUT2D eigenvalue weighted by Gasteiger charge is -2.21. The second-order valence-electron chi connectivity index (χ2n) is 7.35. The molecule has 1 aliphatic rings. The largest absolute Gasteiger partial charge is 0.481 e. The Morgan fingerprint density at radius 2 is 1.90 bits per heavy atom. The van der Waals surface area contributed by atoms with Crippen molar-refractivity contribution < 1.29 is 33.0 Å². The van der Waals surface area contributed by atoms with Crippen molar-refractivity contribution in [2.45, 2.75) is 57.5 Å². The molecule has 2 rings (SSSR count). The Morgan fingerprint density at radius 3 is 2.52 bits per heavy atom. The standard InChI is InChI=1S/C22H26F2O5/c1-2-3-13-22(23,24)19(25)12-10-17-16(14-20(26)27)9-11-18(17)29-21(28)15-7-5-4-6-8-15/h4-8,10,12,16-18H,2-3,9,11,13-14H2,1H3,(H,26,27)/t16-,17-,18-/m0/s1. The molecule has 7 heteroatoms. The van der Waals surface area contributed by atoms with Crippen molar-refractivity contribution in [2.24, 2.45) is 11.8 Å². The summed E-state index contributed by atoms with van der Waals surface area (Å²) in [5.74, 6) is -7.35. The first-order valence-electron chi connectivity index (χ1n) is 9.83. The number of carboxylic acids is 1. The van der Waals surface area contributed by atoms with Crippen molar-refractivity contribution in [3.05, 3.63) is 48.0 Å². The molecular formula is C22H26F2O5. The van der Waals surface area contributed by atoms with E-state index < -0.39 is 48.0 Å². The van der Waals surface area contributed by atoms with Gasteiger partial charge in [-0.3, -0.25) is 9.59 Å². The highest BCUT2D eigenvalue weighted by Crippen LogP contribution is 2.38. The van der Waals surface area contributed by atoms with Crippen LogP contribution in [0.3, 0.4) is 0 Å². The Bertz CT molecular complexity index is 745. The van der Waals surface area contributed by atoms with Gasteiger partial charge in [-0.15, -0.1) is 0 Å². The number of carbonyl (C=O) groups excluding carboxylic acids is 2. The Labute approximate surface area is 168 Å². The number of ether oxygens (including phenoxy) is 1. The van der Waals surface area contributed by atoms with Crippen LogP contribution in [0.5, 0.6) is 0 Å². The number of hydrogen-bond acceptors (Lipinski definition) is 4. The Morgan fingerprint density at radius 1 is 1.21 bits per heavy atom. The molecule has 1 aromatic rings. The summed E-state index contributed by atoms with van der Waals surface area (Å²) in [4.78, 5) is 35.4. The van der Waals surface area contributed by atoms with Crippen LogP contribution in [-0.4, -0.2) is 34.9 Å².